The zero-order valence-electron chi connectivity index (χ0n) is 8.26. The van der Waals surface area contributed by atoms with Gasteiger partial charge in [0.25, 0.3) is 0 Å². The molecule has 1 aliphatic heterocycles. The molecule has 0 spiro atoms. The van der Waals surface area contributed by atoms with E-state index in [1.807, 2.05) is 0 Å². The highest BCUT2D eigenvalue weighted by Gasteiger charge is 2.07. The standard InChI is InChI=1S/C11H12BrFN2/c12-9-7-8(13)4-5-10(9)15-11-3-1-2-6-14-11/h4-5,7H,1-3,6H2,(H,14,15). The predicted molar refractivity (Wildman–Crippen MR) is 63.9 cm³/mol. The number of anilines is 1. The van der Waals surface area contributed by atoms with Gasteiger partial charge >= 0.3 is 0 Å². The molecule has 2 nitrogen and oxygen atoms in total. The first-order chi connectivity index (χ1) is 7.25. The van der Waals surface area contributed by atoms with Crippen LogP contribution in [-0.4, -0.2) is 12.4 Å². The number of amidine groups is 1. The van der Waals surface area contributed by atoms with Crippen molar-refractivity contribution in [2.75, 3.05) is 11.9 Å². The van der Waals surface area contributed by atoms with Gasteiger partial charge in [-0.1, -0.05) is 0 Å². The van der Waals surface area contributed by atoms with Crippen molar-refractivity contribution in [3.8, 4) is 0 Å². The van der Waals surface area contributed by atoms with E-state index in [1.165, 1.54) is 18.6 Å². The van der Waals surface area contributed by atoms with Crippen molar-refractivity contribution in [3.05, 3.63) is 28.5 Å². The lowest BCUT2D eigenvalue weighted by molar-refractivity contribution is 0.627. The maximum absolute atomic E-state index is 12.8. The van der Waals surface area contributed by atoms with E-state index >= 15 is 0 Å². The summed E-state index contributed by atoms with van der Waals surface area (Å²) in [5, 5.41) is 3.21. The Hall–Kier alpha value is -0.900. The number of aliphatic imine (C=N–C) groups is 1. The Labute approximate surface area is 96.7 Å². The van der Waals surface area contributed by atoms with E-state index in [2.05, 4.69) is 26.2 Å². The zero-order chi connectivity index (χ0) is 10.7. The molecule has 0 atom stereocenters. The van der Waals surface area contributed by atoms with Gasteiger partial charge in [0.1, 0.15) is 11.7 Å². The van der Waals surface area contributed by atoms with Gasteiger partial charge in [0.15, 0.2) is 0 Å². The second-order valence-electron chi connectivity index (χ2n) is 3.53. The van der Waals surface area contributed by atoms with Crippen LogP contribution >= 0.6 is 15.9 Å². The quantitative estimate of drug-likeness (QED) is 0.829. The highest BCUT2D eigenvalue weighted by molar-refractivity contribution is 9.10. The lowest BCUT2D eigenvalue weighted by Crippen LogP contribution is -2.16. The summed E-state index contributed by atoms with van der Waals surface area (Å²) in [6.45, 7) is 0.890. The molecular formula is C11H12BrFN2. The minimum absolute atomic E-state index is 0.238. The zero-order valence-corrected chi connectivity index (χ0v) is 9.85. The van der Waals surface area contributed by atoms with E-state index in [-0.39, 0.29) is 5.82 Å². The number of halogens is 2. The second kappa shape index (κ2) is 4.75. The minimum Gasteiger partial charge on any atom is -0.343 e. The van der Waals surface area contributed by atoms with E-state index in [1.54, 1.807) is 6.07 Å². The number of rotatable bonds is 1. The second-order valence-corrected chi connectivity index (χ2v) is 4.39. The van der Waals surface area contributed by atoms with Gasteiger partial charge in [0.05, 0.1) is 5.69 Å². The number of nitrogens with one attached hydrogen (secondary N) is 1. The lowest BCUT2D eigenvalue weighted by Gasteiger charge is -2.14. The van der Waals surface area contributed by atoms with Gasteiger partial charge in [0.2, 0.25) is 0 Å². The molecule has 1 aliphatic rings. The van der Waals surface area contributed by atoms with Crippen molar-refractivity contribution in [1.82, 2.24) is 0 Å². The SMILES string of the molecule is Fc1ccc(NC2=NCCCC2)c(Br)c1. The monoisotopic (exact) mass is 270 g/mol. The van der Waals surface area contributed by atoms with Gasteiger partial charge in [-0.15, -0.1) is 0 Å². The number of hydrogen-bond donors (Lipinski definition) is 1. The summed E-state index contributed by atoms with van der Waals surface area (Å²) < 4.78 is 13.6. The van der Waals surface area contributed by atoms with Gasteiger partial charge in [-0.05, 0) is 47.0 Å². The van der Waals surface area contributed by atoms with E-state index in [9.17, 15) is 4.39 Å². The first kappa shape index (κ1) is 10.6. The van der Waals surface area contributed by atoms with Crippen molar-refractivity contribution in [2.24, 2.45) is 4.99 Å². The smallest absolute Gasteiger partial charge is 0.124 e. The Balaban J connectivity index is 2.13. The molecule has 0 fully saturated rings. The molecule has 1 aromatic rings. The average Bonchev–Trinajstić information content (AvgIpc) is 2.24. The molecule has 15 heavy (non-hydrogen) atoms. The lowest BCUT2D eigenvalue weighted by atomic mass is 10.2. The maximum Gasteiger partial charge on any atom is 0.124 e. The minimum atomic E-state index is -0.238. The van der Waals surface area contributed by atoms with Crippen molar-refractivity contribution < 1.29 is 4.39 Å². The van der Waals surface area contributed by atoms with Gasteiger partial charge in [-0.3, -0.25) is 4.99 Å². The molecule has 0 unspecified atom stereocenters. The molecule has 80 valence electrons. The number of nitrogens with zero attached hydrogens (tertiary/aromatic N) is 1. The fraction of sp³-hybridized carbons (Fsp3) is 0.364. The Kier molecular flexibility index (Phi) is 3.36. The van der Waals surface area contributed by atoms with Crippen LogP contribution in [0.4, 0.5) is 10.1 Å². The average molecular weight is 271 g/mol. The third-order valence-electron chi connectivity index (χ3n) is 2.33. The summed E-state index contributed by atoms with van der Waals surface area (Å²) in [5.41, 5.74) is 0.872. The Bertz CT molecular complexity index is 390. The van der Waals surface area contributed by atoms with Crippen LogP contribution < -0.4 is 5.32 Å². The van der Waals surface area contributed by atoms with E-state index in [0.29, 0.717) is 0 Å². The first-order valence-corrected chi connectivity index (χ1v) is 5.80. The van der Waals surface area contributed by atoms with Crippen LogP contribution in [0, 0.1) is 5.82 Å². The summed E-state index contributed by atoms with van der Waals surface area (Å²) in [7, 11) is 0. The van der Waals surface area contributed by atoms with Crippen molar-refractivity contribution >= 4 is 27.5 Å². The molecule has 0 aliphatic carbocycles. The van der Waals surface area contributed by atoms with E-state index < -0.39 is 0 Å². The highest BCUT2D eigenvalue weighted by atomic mass is 79.9. The van der Waals surface area contributed by atoms with Crippen LogP contribution in [0.3, 0.4) is 0 Å². The molecule has 4 heteroatoms. The molecule has 1 N–H and O–H groups in total. The van der Waals surface area contributed by atoms with Crippen molar-refractivity contribution in [1.29, 1.82) is 0 Å². The fourth-order valence-electron chi connectivity index (χ4n) is 1.55. The third-order valence-corrected chi connectivity index (χ3v) is 2.99. The van der Waals surface area contributed by atoms with Gasteiger partial charge in [-0.25, -0.2) is 4.39 Å². The molecule has 1 aromatic carbocycles. The molecule has 1 heterocycles. The summed E-state index contributed by atoms with van der Waals surface area (Å²) in [6, 6.07) is 4.61. The summed E-state index contributed by atoms with van der Waals surface area (Å²) in [4.78, 5) is 4.38. The summed E-state index contributed by atoms with van der Waals surface area (Å²) in [6.07, 6.45) is 3.31. The van der Waals surface area contributed by atoms with Crippen molar-refractivity contribution in [3.63, 3.8) is 0 Å². The Morgan fingerprint density at radius 2 is 2.20 bits per heavy atom. The van der Waals surface area contributed by atoms with Crippen LogP contribution in [-0.2, 0) is 0 Å². The highest BCUT2D eigenvalue weighted by Crippen LogP contribution is 2.23. The molecule has 0 aromatic heterocycles. The normalized spacial score (nSPS) is 16.0. The topological polar surface area (TPSA) is 24.4 Å². The van der Waals surface area contributed by atoms with Gasteiger partial charge in [0, 0.05) is 17.4 Å². The van der Waals surface area contributed by atoms with Crippen LogP contribution in [0.2, 0.25) is 0 Å². The summed E-state index contributed by atoms with van der Waals surface area (Å²) >= 11 is 3.32. The van der Waals surface area contributed by atoms with Crippen molar-refractivity contribution in [2.45, 2.75) is 19.3 Å². The van der Waals surface area contributed by atoms with Crippen LogP contribution in [0.15, 0.2) is 27.7 Å². The van der Waals surface area contributed by atoms with Crippen LogP contribution in [0.5, 0.6) is 0 Å². The third kappa shape index (κ3) is 2.78. The van der Waals surface area contributed by atoms with Crippen LogP contribution in [0.1, 0.15) is 19.3 Å². The number of hydrogen-bond acceptors (Lipinski definition) is 2. The van der Waals surface area contributed by atoms with E-state index in [4.69, 9.17) is 0 Å². The molecule has 0 radical (unpaired) electrons. The fourth-order valence-corrected chi connectivity index (χ4v) is 2.00. The maximum atomic E-state index is 12.8. The molecule has 0 saturated carbocycles. The molecule has 2 rings (SSSR count). The molecule has 0 bridgehead atoms. The van der Waals surface area contributed by atoms with Crippen LogP contribution in [0.25, 0.3) is 0 Å². The predicted octanol–water partition coefficient (Wildman–Crippen LogP) is 3.58. The number of benzene rings is 1. The van der Waals surface area contributed by atoms with Gasteiger partial charge in [-0.2, -0.15) is 0 Å². The Morgan fingerprint density at radius 1 is 1.33 bits per heavy atom. The molecule has 0 saturated heterocycles. The Morgan fingerprint density at radius 3 is 2.87 bits per heavy atom. The summed E-state index contributed by atoms with van der Waals surface area (Å²) in [5.74, 6) is 0.756. The van der Waals surface area contributed by atoms with E-state index in [0.717, 1.165) is 35.4 Å². The molecular weight excluding hydrogens is 259 g/mol. The molecule has 0 amide bonds. The van der Waals surface area contributed by atoms with Gasteiger partial charge < -0.3 is 5.32 Å². The first-order valence-electron chi connectivity index (χ1n) is 5.01. The largest absolute Gasteiger partial charge is 0.343 e.